The van der Waals surface area contributed by atoms with E-state index >= 15 is 0 Å². The number of aliphatic carboxylic acids is 1. The SMILES string of the molecule is CC(C)C[C@H](NC(CCC(=O)O)N1C(=O)c2ccc(NS(C)(=O)=O)cc2C1=O)C(=O)NCc1ccccc1. The summed E-state index contributed by atoms with van der Waals surface area (Å²) in [5.41, 5.74) is 1.05. The van der Waals surface area contributed by atoms with Gasteiger partial charge in [0.05, 0.1) is 29.6 Å². The standard InChI is InChI=1S/C26H32N4O7S/c1-16(2)13-21(24(33)27-15-17-7-5-4-6-8-17)28-22(11-12-23(31)32)30-25(34)19-10-9-18(29-38(3,36)37)14-20(19)26(30)35/h4-10,14,16,21-22,28-29H,11-13,15H2,1-3H3,(H,27,33)(H,31,32)/t21-,22?/m0/s1. The molecule has 1 aliphatic rings. The highest BCUT2D eigenvalue weighted by Gasteiger charge is 2.41. The van der Waals surface area contributed by atoms with Crippen LogP contribution in [0.1, 0.15) is 59.4 Å². The molecule has 4 N–H and O–H groups in total. The minimum atomic E-state index is -3.62. The highest BCUT2D eigenvalue weighted by atomic mass is 32.2. The molecule has 1 heterocycles. The maximum absolute atomic E-state index is 13.3. The summed E-state index contributed by atoms with van der Waals surface area (Å²) in [6, 6.07) is 12.5. The van der Waals surface area contributed by atoms with Gasteiger partial charge >= 0.3 is 5.97 Å². The van der Waals surface area contributed by atoms with Gasteiger partial charge in [-0.25, -0.2) is 8.42 Å². The van der Waals surface area contributed by atoms with Crippen LogP contribution in [0.4, 0.5) is 5.69 Å². The van der Waals surface area contributed by atoms with Crippen molar-refractivity contribution >= 4 is 39.4 Å². The van der Waals surface area contributed by atoms with Crippen molar-refractivity contribution in [1.82, 2.24) is 15.5 Å². The maximum atomic E-state index is 13.3. The number of amides is 3. The van der Waals surface area contributed by atoms with E-state index in [2.05, 4.69) is 15.4 Å². The second-order valence-electron chi connectivity index (χ2n) is 9.62. The molecular weight excluding hydrogens is 512 g/mol. The fourth-order valence-electron chi connectivity index (χ4n) is 4.23. The molecule has 0 spiro atoms. The van der Waals surface area contributed by atoms with Gasteiger partial charge < -0.3 is 10.4 Å². The van der Waals surface area contributed by atoms with Gasteiger partial charge in [-0.2, -0.15) is 0 Å². The zero-order chi connectivity index (χ0) is 28.0. The Hall–Kier alpha value is -3.77. The number of nitrogens with one attached hydrogen (secondary N) is 3. The van der Waals surface area contributed by atoms with Gasteiger partial charge in [-0.05, 0) is 42.5 Å². The summed E-state index contributed by atoms with van der Waals surface area (Å²) in [6.07, 6.45) is -0.239. The Balaban J connectivity index is 1.86. The van der Waals surface area contributed by atoms with E-state index in [1.54, 1.807) is 0 Å². The van der Waals surface area contributed by atoms with Gasteiger partial charge in [-0.1, -0.05) is 44.2 Å². The lowest BCUT2D eigenvalue weighted by Crippen LogP contribution is -2.56. The first-order chi connectivity index (χ1) is 17.9. The summed E-state index contributed by atoms with van der Waals surface area (Å²) in [6.45, 7) is 4.12. The molecule has 0 bridgehead atoms. The summed E-state index contributed by atoms with van der Waals surface area (Å²) in [7, 11) is -3.62. The van der Waals surface area contributed by atoms with Crippen molar-refractivity contribution in [2.45, 2.75) is 51.9 Å². The summed E-state index contributed by atoms with van der Waals surface area (Å²) < 4.78 is 25.5. The monoisotopic (exact) mass is 544 g/mol. The number of carboxylic acid groups (broad SMARTS) is 1. The molecule has 3 rings (SSSR count). The third-order valence-corrected chi connectivity index (χ3v) is 6.50. The van der Waals surface area contributed by atoms with Crippen LogP contribution in [-0.2, 0) is 26.2 Å². The Labute approximate surface area is 221 Å². The summed E-state index contributed by atoms with van der Waals surface area (Å²) in [4.78, 5) is 52.0. The molecule has 2 aromatic rings. The van der Waals surface area contributed by atoms with Gasteiger partial charge in [0.1, 0.15) is 0 Å². The highest BCUT2D eigenvalue weighted by molar-refractivity contribution is 7.92. The average molecular weight is 545 g/mol. The van der Waals surface area contributed by atoms with Crippen LogP contribution in [-0.4, -0.2) is 60.6 Å². The van der Waals surface area contributed by atoms with E-state index in [0.29, 0.717) is 6.42 Å². The minimum absolute atomic E-state index is 0.0142. The predicted octanol–water partition coefficient (Wildman–Crippen LogP) is 2.17. The molecule has 2 atom stereocenters. The number of imide groups is 1. The summed E-state index contributed by atoms with van der Waals surface area (Å²) in [5.74, 6) is -2.77. The minimum Gasteiger partial charge on any atom is -0.481 e. The second-order valence-corrected chi connectivity index (χ2v) is 11.4. The lowest BCUT2D eigenvalue weighted by Gasteiger charge is -2.31. The molecule has 12 heteroatoms. The molecule has 0 aliphatic carbocycles. The number of hydrogen-bond acceptors (Lipinski definition) is 7. The van der Waals surface area contributed by atoms with Gasteiger partial charge in [0.2, 0.25) is 15.9 Å². The molecule has 1 aliphatic heterocycles. The molecule has 0 aromatic heterocycles. The Morgan fingerprint density at radius 1 is 1.00 bits per heavy atom. The number of rotatable bonds is 13. The van der Waals surface area contributed by atoms with E-state index in [-0.39, 0.29) is 48.0 Å². The molecule has 3 amide bonds. The second kappa shape index (κ2) is 12.2. The van der Waals surface area contributed by atoms with Crippen LogP contribution in [0, 0.1) is 5.92 Å². The number of sulfonamides is 1. The lowest BCUT2D eigenvalue weighted by molar-refractivity contribution is -0.137. The number of nitrogens with zero attached hydrogens (tertiary/aromatic N) is 1. The molecule has 1 unspecified atom stereocenters. The van der Waals surface area contributed by atoms with Crippen molar-refractivity contribution in [1.29, 1.82) is 0 Å². The maximum Gasteiger partial charge on any atom is 0.303 e. The first-order valence-corrected chi connectivity index (χ1v) is 14.0. The number of anilines is 1. The van der Waals surface area contributed by atoms with Crippen LogP contribution < -0.4 is 15.4 Å². The number of carboxylic acids is 1. The third kappa shape index (κ3) is 7.62. The van der Waals surface area contributed by atoms with Gasteiger partial charge in [0.15, 0.2) is 0 Å². The molecule has 11 nitrogen and oxygen atoms in total. The Morgan fingerprint density at radius 3 is 2.26 bits per heavy atom. The zero-order valence-electron chi connectivity index (χ0n) is 21.4. The van der Waals surface area contributed by atoms with Crippen molar-refractivity contribution in [2.75, 3.05) is 11.0 Å². The molecule has 204 valence electrons. The first kappa shape index (κ1) is 28.8. The van der Waals surface area contributed by atoms with Crippen molar-refractivity contribution in [3.05, 3.63) is 65.2 Å². The molecule has 0 saturated heterocycles. The van der Waals surface area contributed by atoms with E-state index in [1.807, 2.05) is 44.2 Å². The zero-order valence-corrected chi connectivity index (χ0v) is 22.2. The summed E-state index contributed by atoms with van der Waals surface area (Å²) in [5, 5.41) is 15.2. The predicted molar refractivity (Wildman–Crippen MR) is 141 cm³/mol. The van der Waals surface area contributed by atoms with Crippen molar-refractivity contribution in [3.63, 3.8) is 0 Å². The number of fused-ring (bicyclic) bond motifs is 1. The normalized spacial score (nSPS) is 14.8. The van der Waals surface area contributed by atoms with Crippen LogP contribution in [0.5, 0.6) is 0 Å². The van der Waals surface area contributed by atoms with Crippen molar-refractivity contribution in [2.24, 2.45) is 5.92 Å². The quantitative estimate of drug-likeness (QED) is 0.279. The van der Waals surface area contributed by atoms with Crippen LogP contribution in [0.2, 0.25) is 0 Å². The molecule has 0 fully saturated rings. The van der Waals surface area contributed by atoms with Crippen LogP contribution in [0.25, 0.3) is 0 Å². The fraction of sp³-hybridized carbons (Fsp3) is 0.385. The van der Waals surface area contributed by atoms with Crippen LogP contribution in [0.15, 0.2) is 48.5 Å². The van der Waals surface area contributed by atoms with Crippen molar-refractivity contribution < 1.29 is 32.7 Å². The number of benzene rings is 2. The summed E-state index contributed by atoms with van der Waals surface area (Å²) >= 11 is 0. The fourth-order valence-corrected chi connectivity index (χ4v) is 4.79. The number of carbonyl (C=O) groups is 4. The van der Waals surface area contributed by atoms with Crippen LogP contribution in [0.3, 0.4) is 0 Å². The van der Waals surface area contributed by atoms with E-state index in [4.69, 9.17) is 0 Å². The van der Waals surface area contributed by atoms with Gasteiger partial charge in [-0.15, -0.1) is 0 Å². The Bertz CT molecular complexity index is 1310. The third-order valence-electron chi connectivity index (χ3n) is 5.89. The largest absolute Gasteiger partial charge is 0.481 e. The van der Waals surface area contributed by atoms with Gasteiger partial charge in [0, 0.05) is 18.7 Å². The Morgan fingerprint density at radius 2 is 1.66 bits per heavy atom. The number of hydrogen-bond donors (Lipinski definition) is 4. The van der Waals surface area contributed by atoms with Crippen LogP contribution >= 0.6 is 0 Å². The smallest absolute Gasteiger partial charge is 0.303 e. The van der Waals surface area contributed by atoms with E-state index < -0.39 is 40.0 Å². The van der Waals surface area contributed by atoms with Gasteiger partial charge in [0.25, 0.3) is 11.8 Å². The van der Waals surface area contributed by atoms with Gasteiger partial charge in [-0.3, -0.25) is 34.1 Å². The molecule has 38 heavy (non-hydrogen) atoms. The molecule has 2 aromatic carbocycles. The highest BCUT2D eigenvalue weighted by Crippen LogP contribution is 2.29. The van der Waals surface area contributed by atoms with E-state index in [1.165, 1.54) is 18.2 Å². The molecular formula is C26H32N4O7S. The first-order valence-electron chi connectivity index (χ1n) is 12.1. The molecule has 0 radical (unpaired) electrons. The van der Waals surface area contributed by atoms with E-state index in [0.717, 1.165) is 16.7 Å². The van der Waals surface area contributed by atoms with Crippen molar-refractivity contribution in [3.8, 4) is 0 Å². The topological polar surface area (TPSA) is 162 Å². The lowest BCUT2D eigenvalue weighted by atomic mass is 10.0. The molecule has 0 saturated carbocycles. The Kier molecular flexibility index (Phi) is 9.23. The average Bonchev–Trinajstić information content (AvgIpc) is 3.08. The van der Waals surface area contributed by atoms with E-state index in [9.17, 15) is 32.7 Å². The number of carbonyl (C=O) groups excluding carboxylic acids is 3.